The minimum absolute atomic E-state index is 0.602. The van der Waals surface area contributed by atoms with Crippen molar-refractivity contribution in [3.8, 4) is 0 Å². The second-order valence-corrected chi connectivity index (χ2v) is 7.17. The molecule has 4 heterocycles. The summed E-state index contributed by atoms with van der Waals surface area (Å²) >= 11 is 0. The lowest BCUT2D eigenvalue weighted by Crippen LogP contribution is -2.31. The predicted octanol–water partition coefficient (Wildman–Crippen LogP) is 2.35. The van der Waals surface area contributed by atoms with E-state index >= 15 is 0 Å². The van der Waals surface area contributed by atoms with E-state index in [0.29, 0.717) is 5.92 Å². The van der Waals surface area contributed by atoms with Gasteiger partial charge in [-0.3, -0.25) is 0 Å². The van der Waals surface area contributed by atoms with Crippen LogP contribution in [-0.2, 0) is 17.7 Å². The Kier molecular flexibility index (Phi) is 4.31. The van der Waals surface area contributed by atoms with Crippen molar-refractivity contribution in [3.63, 3.8) is 0 Å². The second-order valence-electron chi connectivity index (χ2n) is 7.17. The molecule has 2 aromatic heterocycles. The van der Waals surface area contributed by atoms with Gasteiger partial charge in [-0.1, -0.05) is 0 Å². The quantitative estimate of drug-likeness (QED) is 0.869. The number of pyridine rings is 1. The molecule has 4 rings (SSSR count). The number of imidazole rings is 1. The topological polar surface area (TPSA) is 43.2 Å². The number of aromatic nitrogens is 3. The molecule has 1 atom stereocenters. The third kappa shape index (κ3) is 3.26. The number of ether oxygens (including phenoxy) is 1. The lowest BCUT2D eigenvalue weighted by molar-refractivity contribution is 0.182. The summed E-state index contributed by atoms with van der Waals surface area (Å²) in [5.74, 6) is 2.58. The van der Waals surface area contributed by atoms with Gasteiger partial charge in [0.15, 0.2) is 5.65 Å². The molecule has 2 aliphatic rings. The fourth-order valence-corrected chi connectivity index (χ4v) is 3.86. The third-order valence-electron chi connectivity index (χ3n) is 5.36. The Bertz CT molecular complexity index is 654. The molecule has 0 bridgehead atoms. The number of piperidine rings is 1. The molecule has 2 saturated heterocycles. The summed E-state index contributed by atoms with van der Waals surface area (Å²) in [4.78, 5) is 11.9. The maximum Gasteiger partial charge on any atom is 0.159 e. The van der Waals surface area contributed by atoms with Crippen molar-refractivity contribution < 1.29 is 4.74 Å². The summed E-state index contributed by atoms with van der Waals surface area (Å²) in [5.41, 5.74) is 2.08. The Morgan fingerprint density at radius 1 is 1.22 bits per heavy atom. The van der Waals surface area contributed by atoms with E-state index in [1.807, 2.05) is 12.3 Å². The van der Waals surface area contributed by atoms with Crippen LogP contribution in [0.2, 0.25) is 0 Å². The summed E-state index contributed by atoms with van der Waals surface area (Å²) in [6.45, 7) is 5.18. The van der Waals surface area contributed by atoms with Crippen LogP contribution in [0.4, 0.5) is 0 Å². The molecule has 0 amide bonds. The van der Waals surface area contributed by atoms with E-state index in [1.54, 1.807) is 0 Å². The van der Waals surface area contributed by atoms with Gasteiger partial charge in [0.05, 0.1) is 6.61 Å². The zero-order valence-corrected chi connectivity index (χ0v) is 13.9. The first-order chi connectivity index (χ1) is 11.3. The number of likely N-dealkylation sites (tertiary alicyclic amines) is 1. The second kappa shape index (κ2) is 6.57. The summed E-state index contributed by atoms with van der Waals surface area (Å²) in [6.07, 6.45) is 6.67. The molecule has 0 N–H and O–H groups in total. The van der Waals surface area contributed by atoms with E-state index in [2.05, 4.69) is 27.6 Å². The third-order valence-corrected chi connectivity index (χ3v) is 5.36. The molecule has 0 spiro atoms. The van der Waals surface area contributed by atoms with Gasteiger partial charge in [0.2, 0.25) is 0 Å². The number of fused-ring (bicyclic) bond motifs is 1. The van der Waals surface area contributed by atoms with Crippen LogP contribution in [-0.4, -0.2) is 52.8 Å². The van der Waals surface area contributed by atoms with E-state index in [9.17, 15) is 0 Å². The first kappa shape index (κ1) is 15.1. The molecule has 23 heavy (non-hydrogen) atoms. The smallest absolute Gasteiger partial charge is 0.159 e. The van der Waals surface area contributed by atoms with Crippen LogP contribution >= 0.6 is 0 Å². The molecule has 0 saturated carbocycles. The standard InChI is InChI=1S/C18H26N4O/c1-21-8-4-14(5-9-21)11-17-20-16-3-2-7-19-18(16)22(17)12-15-6-10-23-13-15/h2-3,7,14-15H,4-6,8-13H2,1H3. The minimum atomic E-state index is 0.602. The Morgan fingerprint density at radius 2 is 2.09 bits per heavy atom. The number of nitrogens with zero attached hydrogens (tertiary/aromatic N) is 4. The molecule has 5 heteroatoms. The highest BCUT2D eigenvalue weighted by Crippen LogP contribution is 2.25. The van der Waals surface area contributed by atoms with Crippen LogP contribution in [0, 0.1) is 11.8 Å². The maximum atomic E-state index is 5.56. The van der Waals surface area contributed by atoms with Crippen molar-refractivity contribution in [2.24, 2.45) is 11.8 Å². The molecule has 0 aromatic carbocycles. The van der Waals surface area contributed by atoms with Gasteiger partial charge < -0.3 is 14.2 Å². The van der Waals surface area contributed by atoms with Gasteiger partial charge >= 0.3 is 0 Å². The fourth-order valence-electron chi connectivity index (χ4n) is 3.86. The fraction of sp³-hybridized carbons (Fsp3) is 0.667. The number of hydrogen-bond donors (Lipinski definition) is 0. The van der Waals surface area contributed by atoms with Crippen molar-refractivity contribution in [1.29, 1.82) is 0 Å². The zero-order valence-electron chi connectivity index (χ0n) is 13.9. The molecule has 1 unspecified atom stereocenters. The monoisotopic (exact) mass is 314 g/mol. The van der Waals surface area contributed by atoms with Gasteiger partial charge in [0.25, 0.3) is 0 Å². The van der Waals surface area contributed by atoms with Crippen LogP contribution in [0.15, 0.2) is 18.3 Å². The zero-order chi connectivity index (χ0) is 15.6. The first-order valence-corrected chi connectivity index (χ1v) is 8.86. The van der Waals surface area contributed by atoms with Crippen LogP contribution in [0.1, 0.15) is 25.1 Å². The molecule has 2 aliphatic heterocycles. The minimum Gasteiger partial charge on any atom is -0.381 e. The average Bonchev–Trinajstić information content (AvgIpc) is 3.19. The van der Waals surface area contributed by atoms with Crippen LogP contribution < -0.4 is 0 Å². The van der Waals surface area contributed by atoms with Gasteiger partial charge in [0.1, 0.15) is 11.3 Å². The molecule has 0 radical (unpaired) electrons. The SMILES string of the molecule is CN1CCC(Cc2nc3cccnc3n2CC2CCOC2)CC1. The van der Waals surface area contributed by atoms with E-state index in [4.69, 9.17) is 9.72 Å². The van der Waals surface area contributed by atoms with Gasteiger partial charge in [-0.05, 0) is 57.5 Å². The summed E-state index contributed by atoms with van der Waals surface area (Å²) in [7, 11) is 2.22. The van der Waals surface area contributed by atoms with Gasteiger partial charge in [-0.15, -0.1) is 0 Å². The van der Waals surface area contributed by atoms with E-state index in [0.717, 1.165) is 49.7 Å². The maximum absolute atomic E-state index is 5.56. The highest BCUT2D eigenvalue weighted by molar-refractivity contribution is 5.71. The molecular formula is C18H26N4O. The molecule has 5 nitrogen and oxygen atoms in total. The lowest BCUT2D eigenvalue weighted by atomic mass is 9.93. The van der Waals surface area contributed by atoms with E-state index in [-0.39, 0.29) is 0 Å². The molecular weight excluding hydrogens is 288 g/mol. The first-order valence-electron chi connectivity index (χ1n) is 8.86. The molecule has 2 aromatic rings. The number of hydrogen-bond acceptors (Lipinski definition) is 4. The molecule has 2 fully saturated rings. The van der Waals surface area contributed by atoms with Crippen molar-refractivity contribution in [2.75, 3.05) is 33.4 Å². The normalized spacial score (nSPS) is 23.8. The van der Waals surface area contributed by atoms with Gasteiger partial charge in [-0.2, -0.15) is 0 Å². The molecule has 0 aliphatic carbocycles. The summed E-state index contributed by atoms with van der Waals surface area (Å²) in [5, 5.41) is 0. The van der Waals surface area contributed by atoms with Crippen molar-refractivity contribution in [2.45, 2.75) is 32.2 Å². The largest absolute Gasteiger partial charge is 0.381 e. The Hall–Kier alpha value is -1.46. The number of rotatable bonds is 4. The van der Waals surface area contributed by atoms with Crippen molar-refractivity contribution in [1.82, 2.24) is 19.4 Å². The Morgan fingerprint density at radius 3 is 2.87 bits per heavy atom. The predicted molar refractivity (Wildman–Crippen MR) is 90.4 cm³/mol. The summed E-state index contributed by atoms with van der Waals surface area (Å²) in [6, 6.07) is 4.07. The average molecular weight is 314 g/mol. The van der Waals surface area contributed by atoms with Crippen LogP contribution in [0.5, 0.6) is 0 Å². The van der Waals surface area contributed by atoms with Crippen LogP contribution in [0.3, 0.4) is 0 Å². The highest BCUT2D eigenvalue weighted by atomic mass is 16.5. The lowest BCUT2D eigenvalue weighted by Gasteiger charge is -2.28. The van der Waals surface area contributed by atoms with Crippen LogP contribution in [0.25, 0.3) is 11.2 Å². The van der Waals surface area contributed by atoms with E-state index in [1.165, 1.54) is 31.8 Å². The Labute approximate surface area is 137 Å². The Balaban J connectivity index is 1.59. The molecule has 124 valence electrons. The van der Waals surface area contributed by atoms with Gasteiger partial charge in [-0.25, -0.2) is 9.97 Å². The van der Waals surface area contributed by atoms with Crippen molar-refractivity contribution >= 4 is 11.2 Å². The van der Waals surface area contributed by atoms with E-state index < -0.39 is 0 Å². The van der Waals surface area contributed by atoms with Crippen molar-refractivity contribution in [3.05, 3.63) is 24.2 Å². The van der Waals surface area contributed by atoms with Gasteiger partial charge in [0, 0.05) is 31.7 Å². The summed E-state index contributed by atoms with van der Waals surface area (Å²) < 4.78 is 7.93. The highest BCUT2D eigenvalue weighted by Gasteiger charge is 2.23.